The fourth-order valence-electron chi connectivity index (χ4n) is 1.31. The van der Waals surface area contributed by atoms with Gasteiger partial charge in [-0.05, 0) is 5.56 Å². The molecule has 0 aliphatic rings. The van der Waals surface area contributed by atoms with Crippen molar-refractivity contribution >= 4 is 0 Å². The van der Waals surface area contributed by atoms with Crippen molar-refractivity contribution < 1.29 is 5.11 Å². The van der Waals surface area contributed by atoms with Crippen molar-refractivity contribution in [3.8, 4) is 0 Å². The van der Waals surface area contributed by atoms with Gasteiger partial charge in [0, 0.05) is 0 Å². The van der Waals surface area contributed by atoms with E-state index in [2.05, 4.69) is 10.2 Å². The second kappa shape index (κ2) is 4.02. The van der Waals surface area contributed by atoms with Gasteiger partial charge in [-0.3, -0.25) is 0 Å². The maximum absolute atomic E-state index is 8.96. The standard InChI is InChI=1S/C10H11N3O/c14-7-10-12-11-8-13(10)6-9-4-2-1-3-5-9/h1-5,8,14H,6-7H2. The number of aliphatic hydroxyl groups is 1. The molecule has 72 valence electrons. The summed E-state index contributed by atoms with van der Waals surface area (Å²) in [6, 6.07) is 10.0. The van der Waals surface area contributed by atoms with Gasteiger partial charge < -0.3 is 9.67 Å². The van der Waals surface area contributed by atoms with Gasteiger partial charge in [0.25, 0.3) is 0 Å². The van der Waals surface area contributed by atoms with Crippen molar-refractivity contribution in [3.63, 3.8) is 0 Å². The third-order valence-corrected chi connectivity index (χ3v) is 2.03. The fourth-order valence-corrected chi connectivity index (χ4v) is 1.31. The summed E-state index contributed by atoms with van der Waals surface area (Å²) in [5, 5.41) is 16.5. The molecule has 0 aliphatic heterocycles. The minimum atomic E-state index is -0.0766. The molecule has 2 aromatic rings. The highest BCUT2D eigenvalue weighted by Gasteiger charge is 2.02. The number of aliphatic hydroxyl groups excluding tert-OH is 1. The SMILES string of the molecule is OCc1nncn1Cc1ccccc1. The van der Waals surface area contributed by atoms with Crippen LogP contribution in [0.5, 0.6) is 0 Å². The normalized spacial score (nSPS) is 10.4. The lowest BCUT2D eigenvalue weighted by atomic mass is 10.2. The van der Waals surface area contributed by atoms with Crippen LogP contribution >= 0.6 is 0 Å². The Bertz CT molecular complexity index is 397. The van der Waals surface area contributed by atoms with E-state index in [4.69, 9.17) is 5.11 Å². The molecule has 2 rings (SSSR count). The number of benzene rings is 1. The Morgan fingerprint density at radius 2 is 2.00 bits per heavy atom. The lowest BCUT2D eigenvalue weighted by Crippen LogP contribution is -2.03. The molecule has 1 N–H and O–H groups in total. The molecular formula is C10H11N3O. The maximum Gasteiger partial charge on any atom is 0.158 e. The molecule has 0 fully saturated rings. The van der Waals surface area contributed by atoms with Gasteiger partial charge >= 0.3 is 0 Å². The smallest absolute Gasteiger partial charge is 0.158 e. The molecule has 0 amide bonds. The third-order valence-electron chi connectivity index (χ3n) is 2.03. The molecule has 1 aromatic carbocycles. The van der Waals surface area contributed by atoms with Crippen LogP contribution in [0.2, 0.25) is 0 Å². The summed E-state index contributed by atoms with van der Waals surface area (Å²) in [5.74, 6) is 0.592. The van der Waals surface area contributed by atoms with Crippen molar-refractivity contribution in [2.45, 2.75) is 13.2 Å². The number of rotatable bonds is 3. The lowest BCUT2D eigenvalue weighted by Gasteiger charge is -2.03. The highest BCUT2D eigenvalue weighted by Crippen LogP contribution is 2.03. The van der Waals surface area contributed by atoms with E-state index >= 15 is 0 Å². The molecule has 0 aliphatic carbocycles. The van der Waals surface area contributed by atoms with E-state index in [1.54, 1.807) is 6.33 Å². The van der Waals surface area contributed by atoms with Crippen molar-refractivity contribution in [1.29, 1.82) is 0 Å². The highest BCUT2D eigenvalue weighted by atomic mass is 16.3. The van der Waals surface area contributed by atoms with E-state index in [0.29, 0.717) is 12.4 Å². The van der Waals surface area contributed by atoms with Crippen LogP contribution in [0.3, 0.4) is 0 Å². The van der Waals surface area contributed by atoms with Crippen LogP contribution < -0.4 is 0 Å². The molecule has 1 aromatic heterocycles. The second-order valence-electron chi connectivity index (χ2n) is 3.02. The molecular weight excluding hydrogens is 178 g/mol. The zero-order valence-corrected chi connectivity index (χ0v) is 7.67. The van der Waals surface area contributed by atoms with Gasteiger partial charge in [0.1, 0.15) is 12.9 Å². The molecule has 0 unspecified atom stereocenters. The largest absolute Gasteiger partial charge is 0.388 e. The zero-order chi connectivity index (χ0) is 9.80. The quantitative estimate of drug-likeness (QED) is 0.777. The van der Waals surface area contributed by atoms with Crippen LogP contribution in [0, 0.1) is 0 Å². The van der Waals surface area contributed by atoms with E-state index < -0.39 is 0 Å². The summed E-state index contributed by atoms with van der Waals surface area (Å²) < 4.78 is 1.83. The minimum absolute atomic E-state index is 0.0766. The summed E-state index contributed by atoms with van der Waals surface area (Å²) in [4.78, 5) is 0. The molecule has 1 heterocycles. The van der Waals surface area contributed by atoms with Crippen LogP contribution in [0.15, 0.2) is 36.7 Å². The highest BCUT2D eigenvalue weighted by molar-refractivity contribution is 5.15. The number of hydrogen-bond donors (Lipinski definition) is 1. The zero-order valence-electron chi connectivity index (χ0n) is 7.67. The summed E-state index contributed by atoms with van der Waals surface area (Å²) in [5.41, 5.74) is 1.17. The Balaban J connectivity index is 2.19. The maximum atomic E-state index is 8.96. The Hall–Kier alpha value is -1.68. The first-order chi connectivity index (χ1) is 6.90. The van der Waals surface area contributed by atoms with E-state index in [1.807, 2.05) is 34.9 Å². The van der Waals surface area contributed by atoms with Gasteiger partial charge in [-0.1, -0.05) is 30.3 Å². The first-order valence-corrected chi connectivity index (χ1v) is 4.41. The molecule has 0 spiro atoms. The molecule has 0 radical (unpaired) electrons. The summed E-state index contributed by atoms with van der Waals surface area (Å²) in [6.45, 7) is 0.622. The van der Waals surface area contributed by atoms with Crippen molar-refractivity contribution in [1.82, 2.24) is 14.8 Å². The van der Waals surface area contributed by atoms with E-state index in [0.717, 1.165) is 0 Å². The Morgan fingerprint density at radius 1 is 1.21 bits per heavy atom. The van der Waals surface area contributed by atoms with E-state index in [-0.39, 0.29) is 6.61 Å². The second-order valence-corrected chi connectivity index (χ2v) is 3.02. The molecule has 4 heteroatoms. The molecule has 14 heavy (non-hydrogen) atoms. The van der Waals surface area contributed by atoms with E-state index in [1.165, 1.54) is 5.56 Å². The molecule has 0 bridgehead atoms. The fraction of sp³-hybridized carbons (Fsp3) is 0.200. The lowest BCUT2D eigenvalue weighted by molar-refractivity contribution is 0.265. The monoisotopic (exact) mass is 189 g/mol. The van der Waals surface area contributed by atoms with Crippen molar-refractivity contribution in [3.05, 3.63) is 48.0 Å². The topological polar surface area (TPSA) is 50.9 Å². The number of aromatic nitrogens is 3. The van der Waals surface area contributed by atoms with Crippen LogP contribution in [0.1, 0.15) is 11.4 Å². The van der Waals surface area contributed by atoms with Crippen LogP contribution in [-0.4, -0.2) is 19.9 Å². The average Bonchev–Trinajstić information content (AvgIpc) is 2.67. The number of nitrogens with zero attached hydrogens (tertiary/aromatic N) is 3. The van der Waals surface area contributed by atoms with Crippen LogP contribution in [0.25, 0.3) is 0 Å². The third kappa shape index (κ3) is 1.80. The predicted molar refractivity (Wildman–Crippen MR) is 51.5 cm³/mol. The Kier molecular flexibility index (Phi) is 2.55. The predicted octanol–water partition coefficient (Wildman–Crippen LogP) is 0.819. The minimum Gasteiger partial charge on any atom is -0.388 e. The van der Waals surface area contributed by atoms with Gasteiger partial charge in [0.2, 0.25) is 0 Å². The molecule has 0 atom stereocenters. The Labute approximate surface area is 81.8 Å². The Morgan fingerprint density at radius 3 is 2.71 bits per heavy atom. The average molecular weight is 189 g/mol. The molecule has 0 saturated carbocycles. The van der Waals surface area contributed by atoms with Crippen molar-refractivity contribution in [2.24, 2.45) is 0 Å². The molecule has 4 nitrogen and oxygen atoms in total. The van der Waals surface area contributed by atoms with Gasteiger partial charge in [0.15, 0.2) is 5.82 Å². The summed E-state index contributed by atoms with van der Waals surface area (Å²) in [6.07, 6.45) is 1.62. The van der Waals surface area contributed by atoms with E-state index in [9.17, 15) is 0 Å². The van der Waals surface area contributed by atoms with Crippen LogP contribution in [-0.2, 0) is 13.2 Å². The van der Waals surface area contributed by atoms with Crippen molar-refractivity contribution in [2.75, 3.05) is 0 Å². The molecule has 0 saturated heterocycles. The van der Waals surface area contributed by atoms with Crippen LogP contribution in [0.4, 0.5) is 0 Å². The first kappa shape index (κ1) is 8.90. The van der Waals surface area contributed by atoms with Gasteiger partial charge in [-0.25, -0.2) is 0 Å². The van der Waals surface area contributed by atoms with Gasteiger partial charge in [-0.15, -0.1) is 10.2 Å². The summed E-state index contributed by atoms with van der Waals surface area (Å²) >= 11 is 0. The van der Waals surface area contributed by atoms with Gasteiger partial charge in [-0.2, -0.15) is 0 Å². The van der Waals surface area contributed by atoms with Gasteiger partial charge in [0.05, 0.1) is 6.54 Å². The number of hydrogen-bond acceptors (Lipinski definition) is 3. The summed E-state index contributed by atoms with van der Waals surface area (Å²) in [7, 11) is 0. The first-order valence-electron chi connectivity index (χ1n) is 4.41.